The first-order chi connectivity index (χ1) is 36.6. The number of anilines is 4. The number of rotatable bonds is 12. The van der Waals surface area contributed by atoms with Gasteiger partial charge in [-0.25, -0.2) is 13.1 Å². The number of piperidine rings is 2. The molecule has 2 aromatic heterocycles. The normalized spacial score (nSPS) is 24.6. The molecule has 1 amide bonds. The summed E-state index contributed by atoms with van der Waals surface area (Å²) in [6.07, 6.45) is 7.36. The van der Waals surface area contributed by atoms with Crippen LogP contribution in [0.1, 0.15) is 87.7 Å². The van der Waals surface area contributed by atoms with Gasteiger partial charge in [0, 0.05) is 86.9 Å². The monoisotopic (exact) mass is 1060 g/mol. The van der Waals surface area contributed by atoms with Gasteiger partial charge in [-0.15, -0.1) is 0 Å². The first-order valence-corrected chi connectivity index (χ1v) is 28.3. The number of ether oxygens (including phenoxy) is 5. The molecule has 0 bridgehead atoms. The van der Waals surface area contributed by atoms with E-state index < -0.39 is 43.1 Å². The molecule has 0 radical (unpaired) electrons. The SMILES string of the molecule is CC(C)Oc1ccccc1[C@@H]1COCCN1C1CC2(CCN(c3ccc(C(=O)NS(=O)(=O)c4cc5c(c([N+](=O)[O-])c4)N[C@@H](CN4CCC(C)(O)CC4)CO5)c(N4c5cc6cc[nH]c6nc5O[C@H]5COCC[C@@H]54)c3)CC2)C1. The number of amides is 1. The molecule has 1 saturated carbocycles. The topological polar surface area (TPSA) is 226 Å². The summed E-state index contributed by atoms with van der Waals surface area (Å²) in [6.45, 7) is 12.4. The van der Waals surface area contributed by atoms with E-state index in [-0.39, 0.29) is 59.9 Å². The van der Waals surface area contributed by atoms with E-state index in [0.717, 1.165) is 68.2 Å². The van der Waals surface area contributed by atoms with Crippen molar-refractivity contribution in [1.29, 1.82) is 0 Å². The summed E-state index contributed by atoms with van der Waals surface area (Å²) in [5.74, 6) is 0.348. The van der Waals surface area contributed by atoms with E-state index in [2.05, 4.69) is 66.7 Å². The molecule has 76 heavy (non-hydrogen) atoms. The number of hydrogen-bond acceptors (Lipinski definition) is 17. The number of fused-ring (bicyclic) bond motifs is 4. The maximum Gasteiger partial charge on any atom is 0.297 e. The van der Waals surface area contributed by atoms with Gasteiger partial charge >= 0.3 is 0 Å². The molecule has 4 N–H and O–H groups in total. The molecule has 20 nitrogen and oxygen atoms in total. The van der Waals surface area contributed by atoms with Crippen LogP contribution in [0.25, 0.3) is 11.0 Å². The van der Waals surface area contributed by atoms with Crippen LogP contribution in [0.5, 0.6) is 17.4 Å². The molecule has 4 atom stereocenters. The molecule has 7 aliphatic rings. The number of nitro groups is 1. The maximum absolute atomic E-state index is 14.9. The van der Waals surface area contributed by atoms with Crippen molar-refractivity contribution in [2.45, 2.75) is 113 Å². The van der Waals surface area contributed by atoms with Gasteiger partial charge in [-0.1, -0.05) is 18.2 Å². The van der Waals surface area contributed by atoms with Crippen LogP contribution in [-0.2, 0) is 19.5 Å². The van der Waals surface area contributed by atoms with Gasteiger partial charge in [-0.2, -0.15) is 4.98 Å². The third-order valence-electron chi connectivity index (χ3n) is 16.9. The highest BCUT2D eigenvalue weighted by Crippen LogP contribution is 2.54. The van der Waals surface area contributed by atoms with Gasteiger partial charge < -0.3 is 53.8 Å². The first kappa shape index (κ1) is 50.6. The number of aromatic nitrogens is 2. The predicted octanol–water partition coefficient (Wildman–Crippen LogP) is 6.91. The van der Waals surface area contributed by atoms with Crippen molar-refractivity contribution in [2.24, 2.45) is 5.41 Å². The van der Waals surface area contributed by atoms with Crippen LogP contribution in [0.2, 0.25) is 0 Å². The molecular formula is C55H67N9O11S. The Hall–Kier alpha value is -6.23. The lowest BCUT2D eigenvalue weighted by Gasteiger charge is -2.57. The number of likely N-dealkylation sites (tertiary alicyclic amines) is 1. The number of H-pyrrole nitrogens is 1. The van der Waals surface area contributed by atoms with E-state index in [1.54, 1.807) is 12.3 Å². The molecule has 1 aliphatic carbocycles. The van der Waals surface area contributed by atoms with Crippen LogP contribution in [0.4, 0.5) is 28.4 Å². The average Bonchev–Trinajstić information content (AvgIpc) is 3.86. The van der Waals surface area contributed by atoms with Gasteiger partial charge in [0.2, 0.25) is 5.88 Å². The summed E-state index contributed by atoms with van der Waals surface area (Å²) < 4.78 is 61.9. The zero-order chi connectivity index (χ0) is 52.5. The minimum atomic E-state index is -4.73. The minimum absolute atomic E-state index is 0.00653. The zero-order valence-electron chi connectivity index (χ0n) is 43.2. The quantitative estimate of drug-likeness (QED) is 0.0736. The lowest BCUT2D eigenvalue weighted by atomic mass is 9.59. The number of benzene rings is 3. The Labute approximate surface area is 442 Å². The van der Waals surface area contributed by atoms with Crippen molar-refractivity contribution in [3.05, 3.63) is 94.2 Å². The smallest absolute Gasteiger partial charge is 0.297 e. The second-order valence-electron chi connectivity index (χ2n) is 22.4. The second kappa shape index (κ2) is 20.0. The van der Waals surface area contributed by atoms with Gasteiger partial charge in [0.1, 0.15) is 29.8 Å². The number of para-hydroxylation sites is 1. The molecule has 0 unspecified atom stereocenters. The fourth-order valence-corrected chi connectivity index (χ4v) is 13.8. The van der Waals surface area contributed by atoms with Crippen molar-refractivity contribution in [1.82, 2.24) is 24.5 Å². The number of aliphatic hydroxyl groups is 1. The summed E-state index contributed by atoms with van der Waals surface area (Å²) >= 11 is 0. The number of nitrogens with zero attached hydrogens (tertiary/aromatic N) is 6. The van der Waals surface area contributed by atoms with Crippen molar-refractivity contribution < 1.29 is 46.9 Å². The first-order valence-electron chi connectivity index (χ1n) is 26.8. The van der Waals surface area contributed by atoms with E-state index >= 15 is 0 Å². The molecule has 4 saturated heterocycles. The van der Waals surface area contributed by atoms with Crippen molar-refractivity contribution in [3.8, 4) is 17.4 Å². The second-order valence-corrected chi connectivity index (χ2v) is 24.1. The van der Waals surface area contributed by atoms with Crippen molar-refractivity contribution in [3.63, 3.8) is 0 Å². The highest BCUT2D eigenvalue weighted by molar-refractivity contribution is 7.90. The van der Waals surface area contributed by atoms with Crippen LogP contribution in [0.3, 0.4) is 0 Å². The molecule has 21 heteroatoms. The van der Waals surface area contributed by atoms with Crippen LogP contribution >= 0.6 is 0 Å². The van der Waals surface area contributed by atoms with Gasteiger partial charge in [0.05, 0.1) is 70.7 Å². The van der Waals surface area contributed by atoms with E-state index in [1.807, 2.05) is 37.3 Å². The van der Waals surface area contributed by atoms with Gasteiger partial charge in [-0.3, -0.25) is 19.8 Å². The highest BCUT2D eigenvalue weighted by Gasteiger charge is 2.50. The minimum Gasteiger partial charge on any atom is -0.491 e. The Morgan fingerprint density at radius 1 is 0.961 bits per heavy atom. The standard InChI is InChI=1S/C55H67N9O11S/c1-34(2)74-47-7-5-4-6-40(47)46-32-72-23-21-62(46)38-28-55(29-38)14-19-61(20-15-55)37-8-9-41(43(25-37)63-42-11-22-71-33-49(42)75-53-45(63)24-35-10-16-56-51(35)58-53)52(65)59-76(69,70)39-26-44(64(67)68)50-48(27-39)73-31-36(57-50)30-60-17-12-54(3,66)13-18-60/h4-10,16,24-27,34,36,38,42,46,49,57,66H,11-15,17-23,28-33H2,1-3H3,(H,56,58)(H,59,65)/t36-,42-,46-,49-/m0/s1. The van der Waals surface area contributed by atoms with E-state index in [1.165, 1.54) is 11.6 Å². The highest BCUT2D eigenvalue weighted by atomic mass is 32.2. The number of nitrogens with one attached hydrogen (secondary N) is 3. The molecule has 1 spiro atoms. The Balaban J connectivity index is 0.817. The summed E-state index contributed by atoms with van der Waals surface area (Å²) in [4.78, 5) is 43.6. The lowest BCUT2D eigenvalue weighted by molar-refractivity contribution is -0.384. The summed E-state index contributed by atoms with van der Waals surface area (Å²) in [6, 6.07) is 19.9. The zero-order valence-corrected chi connectivity index (χ0v) is 44.1. The Morgan fingerprint density at radius 2 is 1.75 bits per heavy atom. The summed E-state index contributed by atoms with van der Waals surface area (Å²) in [5.41, 5.74) is 2.92. The largest absolute Gasteiger partial charge is 0.491 e. The van der Waals surface area contributed by atoms with Crippen LogP contribution in [0, 0.1) is 15.5 Å². The molecule has 5 fully saturated rings. The number of nitro benzene ring substituents is 1. The fraction of sp³-hybridized carbons (Fsp3) is 0.527. The van der Waals surface area contributed by atoms with Gasteiger partial charge in [0.15, 0.2) is 11.4 Å². The Morgan fingerprint density at radius 3 is 2.54 bits per heavy atom. The molecule has 3 aromatic carbocycles. The molecular weight excluding hydrogens is 995 g/mol. The molecule has 12 rings (SSSR count). The number of carbonyl (C=O) groups is 1. The van der Waals surface area contributed by atoms with Gasteiger partial charge in [0.25, 0.3) is 21.6 Å². The van der Waals surface area contributed by atoms with Crippen molar-refractivity contribution in [2.75, 3.05) is 87.4 Å². The number of carbonyl (C=O) groups excluding carboxylic acids is 1. The number of sulfonamides is 1. The predicted molar refractivity (Wildman–Crippen MR) is 285 cm³/mol. The average molecular weight is 1060 g/mol. The number of hydrogen-bond donors (Lipinski definition) is 4. The van der Waals surface area contributed by atoms with E-state index in [9.17, 15) is 28.4 Å². The van der Waals surface area contributed by atoms with Crippen LogP contribution < -0.4 is 34.0 Å². The molecule has 5 aromatic rings. The third-order valence-corrected chi connectivity index (χ3v) is 18.2. The van der Waals surface area contributed by atoms with E-state index in [4.69, 9.17) is 28.7 Å². The lowest BCUT2D eigenvalue weighted by Crippen LogP contribution is -2.57. The number of morpholine rings is 1. The van der Waals surface area contributed by atoms with Crippen molar-refractivity contribution >= 4 is 55.4 Å². The molecule has 404 valence electrons. The van der Waals surface area contributed by atoms with Gasteiger partial charge in [-0.05, 0) is 108 Å². The van der Waals surface area contributed by atoms with Crippen LogP contribution in [0.15, 0.2) is 77.8 Å². The third kappa shape index (κ3) is 9.78. The van der Waals surface area contributed by atoms with Crippen LogP contribution in [-0.4, -0.2) is 152 Å². The fourth-order valence-electron chi connectivity index (χ4n) is 12.8. The maximum atomic E-state index is 14.9. The summed E-state index contributed by atoms with van der Waals surface area (Å²) in [7, 11) is -4.73. The number of pyridine rings is 1. The number of aromatic amines is 1. The van der Waals surface area contributed by atoms with E-state index in [0.29, 0.717) is 87.7 Å². The molecule has 8 heterocycles. The molecule has 6 aliphatic heterocycles. The summed E-state index contributed by atoms with van der Waals surface area (Å²) in [5, 5.41) is 27.1. The Bertz CT molecular complexity index is 3130. The Kier molecular flexibility index (Phi) is 13.3.